The molecule has 0 unspecified atom stereocenters. The Balaban J connectivity index is 2.11. The Hall–Kier alpha value is -2.63. The van der Waals surface area contributed by atoms with Gasteiger partial charge in [-0.25, -0.2) is 12.8 Å². The van der Waals surface area contributed by atoms with E-state index in [2.05, 4.69) is 10.9 Å². The molecule has 3 rings (SSSR count). The summed E-state index contributed by atoms with van der Waals surface area (Å²) in [4.78, 5) is 12.1. The number of hydrogen-bond acceptors (Lipinski definition) is 6. The average molecular weight is 620 g/mol. The molecule has 2 aromatic carbocycles. The zero-order valence-electron chi connectivity index (χ0n) is 19.7. The molecule has 7 nitrogen and oxygen atoms in total. The van der Waals surface area contributed by atoms with Crippen LogP contribution in [0.3, 0.4) is 0 Å². The van der Waals surface area contributed by atoms with Crippen molar-refractivity contribution in [2.45, 2.75) is 48.2 Å². The van der Waals surface area contributed by atoms with Gasteiger partial charge in [-0.05, 0) is 55.0 Å². The molecule has 0 radical (unpaired) electrons. The SMILES string of the molecule is CSC(=S)NNC(=O)C[C@@H]1CCc2cc(C(O)(C(F)(F)F)C(F)(F)F)ccc2N1S(=O)(=O)c1ccc(F)cc1. The fraction of sp³-hybridized carbons (Fsp3) is 0.364. The van der Waals surface area contributed by atoms with Crippen LogP contribution in [0.2, 0.25) is 0 Å². The Bertz CT molecular complexity index is 1340. The van der Waals surface area contributed by atoms with Gasteiger partial charge >= 0.3 is 12.4 Å². The normalized spacial score (nSPS) is 16.4. The second-order valence-electron chi connectivity index (χ2n) is 8.37. The number of aliphatic hydroxyl groups is 1. The first-order valence-corrected chi connectivity index (χ1v) is 13.9. The standard InChI is InChI=1S/C22H20F7N3O4S3/c1-38-19(37)31-30-18(33)11-15-6-2-12-10-13(20(34,21(24,25)26)22(27,28)29)3-9-17(12)32(15)39(35,36)16-7-4-14(23)5-8-16/h3-5,7-10,15,34H,2,6,11H2,1H3,(H,30,33)(H,31,37)/t15-/m0/s1. The summed E-state index contributed by atoms with van der Waals surface area (Å²) in [7, 11) is -4.60. The predicted octanol–water partition coefficient (Wildman–Crippen LogP) is 4.31. The van der Waals surface area contributed by atoms with E-state index in [-0.39, 0.29) is 28.4 Å². The molecule has 1 aliphatic heterocycles. The molecule has 1 atom stereocenters. The number of sulfonamides is 1. The van der Waals surface area contributed by atoms with Crippen molar-refractivity contribution in [3.63, 3.8) is 0 Å². The van der Waals surface area contributed by atoms with Crippen LogP contribution in [0.25, 0.3) is 0 Å². The minimum Gasteiger partial charge on any atom is -0.369 e. The van der Waals surface area contributed by atoms with E-state index in [0.29, 0.717) is 22.5 Å². The summed E-state index contributed by atoms with van der Waals surface area (Å²) in [5, 5.41) is 9.79. The summed E-state index contributed by atoms with van der Waals surface area (Å²) in [6, 6.07) is 3.90. The lowest BCUT2D eigenvalue weighted by molar-refractivity contribution is -0.376. The topological polar surface area (TPSA) is 98.7 Å². The van der Waals surface area contributed by atoms with Crippen molar-refractivity contribution >= 4 is 49.9 Å². The molecule has 0 spiro atoms. The van der Waals surface area contributed by atoms with Crippen LogP contribution >= 0.6 is 24.0 Å². The third kappa shape index (κ3) is 6.10. The highest BCUT2D eigenvalue weighted by atomic mass is 32.2. The van der Waals surface area contributed by atoms with Gasteiger partial charge in [0.05, 0.1) is 16.6 Å². The first-order valence-electron chi connectivity index (χ1n) is 10.9. The highest BCUT2D eigenvalue weighted by molar-refractivity contribution is 8.22. The van der Waals surface area contributed by atoms with Gasteiger partial charge in [0.15, 0.2) is 4.32 Å². The number of hydrazine groups is 1. The second kappa shape index (κ2) is 11.1. The maximum atomic E-state index is 13.6. The fourth-order valence-corrected chi connectivity index (χ4v) is 5.94. The first-order chi connectivity index (χ1) is 17.9. The molecule has 17 heteroatoms. The van der Waals surface area contributed by atoms with E-state index < -0.39 is 62.6 Å². The zero-order chi connectivity index (χ0) is 29.4. The molecule has 0 aliphatic carbocycles. The quantitative estimate of drug-likeness (QED) is 0.261. The molecule has 1 aliphatic rings. The number of nitrogens with one attached hydrogen (secondary N) is 2. The summed E-state index contributed by atoms with van der Waals surface area (Å²) in [5.41, 5.74) is -2.60. The number of halogens is 7. The smallest absolute Gasteiger partial charge is 0.369 e. The lowest BCUT2D eigenvalue weighted by Crippen LogP contribution is -2.54. The largest absolute Gasteiger partial charge is 0.430 e. The van der Waals surface area contributed by atoms with Gasteiger partial charge in [-0.3, -0.25) is 20.0 Å². The Morgan fingerprint density at radius 2 is 1.67 bits per heavy atom. The average Bonchev–Trinajstić information content (AvgIpc) is 2.85. The van der Waals surface area contributed by atoms with Crippen LogP contribution in [0.1, 0.15) is 24.0 Å². The number of fused-ring (bicyclic) bond motifs is 1. The van der Waals surface area contributed by atoms with Gasteiger partial charge < -0.3 is 5.11 Å². The number of rotatable bonds is 5. The molecular formula is C22H20F7N3O4S3. The van der Waals surface area contributed by atoms with Crippen LogP contribution in [0, 0.1) is 5.82 Å². The molecule has 3 N–H and O–H groups in total. The third-order valence-corrected chi connectivity index (χ3v) is 8.87. The van der Waals surface area contributed by atoms with Crippen molar-refractivity contribution in [3.8, 4) is 0 Å². The fourth-order valence-electron chi connectivity index (χ4n) is 4.02. The van der Waals surface area contributed by atoms with Gasteiger partial charge in [0, 0.05) is 12.0 Å². The van der Waals surface area contributed by atoms with Gasteiger partial charge in [-0.2, -0.15) is 26.3 Å². The summed E-state index contributed by atoms with van der Waals surface area (Å²) >= 11 is 6.00. The molecule has 0 aromatic heterocycles. The summed E-state index contributed by atoms with van der Waals surface area (Å²) in [5.74, 6) is -1.47. The van der Waals surface area contributed by atoms with Crippen molar-refractivity contribution in [3.05, 3.63) is 59.4 Å². The van der Waals surface area contributed by atoms with Crippen LogP contribution in [-0.2, 0) is 26.8 Å². The van der Waals surface area contributed by atoms with Gasteiger partial charge in [-0.15, -0.1) is 0 Å². The van der Waals surface area contributed by atoms with Gasteiger partial charge in [-0.1, -0.05) is 36.1 Å². The molecular weight excluding hydrogens is 599 g/mol. The van der Waals surface area contributed by atoms with Gasteiger partial charge in [0.2, 0.25) is 5.91 Å². The summed E-state index contributed by atoms with van der Waals surface area (Å²) in [6.45, 7) is 0. The Kier molecular flexibility index (Phi) is 8.79. The van der Waals surface area contributed by atoms with Crippen molar-refractivity contribution in [2.24, 2.45) is 0 Å². The number of anilines is 1. The summed E-state index contributed by atoms with van der Waals surface area (Å²) in [6.07, 6.45) is -11.5. The van der Waals surface area contributed by atoms with Crippen LogP contribution in [0.4, 0.5) is 36.4 Å². The Morgan fingerprint density at radius 3 is 2.21 bits per heavy atom. The van der Waals surface area contributed by atoms with E-state index in [0.717, 1.165) is 36.0 Å². The number of carbonyl (C=O) groups is 1. The number of thioether (sulfide) groups is 1. The predicted molar refractivity (Wildman–Crippen MR) is 133 cm³/mol. The van der Waals surface area contributed by atoms with E-state index in [1.165, 1.54) is 0 Å². The Labute approximate surface area is 227 Å². The van der Waals surface area contributed by atoms with Gasteiger partial charge in [0.25, 0.3) is 15.6 Å². The molecule has 1 amide bonds. The maximum absolute atomic E-state index is 13.6. The number of benzene rings is 2. The van der Waals surface area contributed by atoms with Crippen molar-refractivity contribution in [1.29, 1.82) is 0 Å². The monoisotopic (exact) mass is 619 g/mol. The van der Waals surface area contributed by atoms with Crippen LogP contribution in [0.15, 0.2) is 47.4 Å². The van der Waals surface area contributed by atoms with E-state index in [9.17, 15) is 49.1 Å². The number of nitrogens with zero attached hydrogens (tertiary/aromatic N) is 1. The third-order valence-electron chi connectivity index (χ3n) is 5.91. The molecule has 0 saturated heterocycles. The highest BCUT2D eigenvalue weighted by Gasteiger charge is 2.71. The van der Waals surface area contributed by atoms with E-state index in [1.54, 1.807) is 6.26 Å². The Morgan fingerprint density at radius 1 is 1.08 bits per heavy atom. The lowest BCUT2D eigenvalue weighted by atomic mass is 9.87. The molecule has 0 bridgehead atoms. The van der Waals surface area contributed by atoms with Crippen molar-refractivity contribution in [1.82, 2.24) is 10.9 Å². The maximum Gasteiger partial charge on any atom is 0.430 e. The molecule has 2 aromatic rings. The first kappa shape index (κ1) is 30.9. The van der Waals surface area contributed by atoms with E-state index in [1.807, 2.05) is 0 Å². The van der Waals surface area contributed by atoms with Gasteiger partial charge in [0.1, 0.15) is 5.82 Å². The number of hydrogen-bond donors (Lipinski definition) is 3. The number of aryl methyl sites for hydroxylation is 1. The highest BCUT2D eigenvalue weighted by Crippen LogP contribution is 2.51. The minimum absolute atomic E-state index is 0.187. The van der Waals surface area contributed by atoms with E-state index in [4.69, 9.17) is 12.2 Å². The zero-order valence-corrected chi connectivity index (χ0v) is 22.2. The van der Waals surface area contributed by atoms with E-state index >= 15 is 0 Å². The van der Waals surface area contributed by atoms with Crippen molar-refractivity contribution in [2.75, 3.05) is 10.6 Å². The summed E-state index contributed by atoms with van der Waals surface area (Å²) < 4.78 is 122. The van der Waals surface area contributed by atoms with Crippen LogP contribution < -0.4 is 15.2 Å². The molecule has 0 fully saturated rings. The second-order valence-corrected chi connectivity index (χ2v) is 11.7. The number of carbonyl (C=O) groups excluding carboxylic acids is 1. The number of thiocarbonyl (C=S) groups is 1. The molecule has 0 saturated carbocycles. The van der Waals surface area contributed by atoms with Crippen LogP contribution in [-0.4, -0.2) is 48.4 Å². The molecule has 1 heterocycles. The molecule has 39 heavy (non-hydrogen) atoms. The van der Waals surface area contributed by atoms with Crippen molar-refractivity contribution < 1.29 is 49.1 Å². The van der Waals surface area contributed by atoms with Crippen LogP contribution in [0.5, 0.6) is 0 Å². The lowest BCUT2D eigenvalue weighted by Gasteiger charge is -2.39. The number of alkyl halides is 6. The molecule has 214 valence electrons. The number of amides is 1. The minimum atomic E-state index is -6.14.